The van der Waals surface area contributed by atoms with Gasteiger partial charge in [0.05, 0.1) is 21.7 Å². The molecule has 0 radical (unpaired) electrons. The van der Waals surface area contributed by atoms with Crippen LogP contribution in [-0.2, 0) is 18.1 Å². The van der Waals surface area contributed by atoms with E-state index in [1.807, 2.05) is 12.1 Å². The van der Waals surface area contributed by atoms with E-state index in [0.29, 0.717) is 11.6 Å². The number of hydrogen-bond acceptors (Lipinski definition) is 8. The molecule has 0 saturated heterocycles. The van der Waals surface area contributed by atoms with Gasteiger partial charge in [0.25, 0.3) is 0 Å². The van der Waals surface area contributed by atoms with E-state index in [2.05, 4.69) is 70.9 Å². The highest BCUT2D eigenvalue weighted by Crippen LogP contribution is 2.32. The first-order valence-corrected chi connectivity index (χ1v) is 13.4. The molecule has 0 amide bonds. The van der Waals surface area contributed by atoms with Crippen LogP contribution in [0.25, 0.3) is 21.7 Å². The summed E-state index contributed by atoms with van der Waals surface area (Å²) < 4.78 is 10.2. The van der Waals surface area contributed by atoms with Gasteiger partial charge in [-0.15, -0.1) is 21.5 Å². The van der Waals surface area contributed by atoms with Crippen molar-refractivity contribution in [1.82, 2.24) is 24.7 Å². The maximum Gasteiger partial charge on any atom is 0.226 e. The first-order chi connectivity index (χ1) is 16.1. The molecule has 0 N–H and O–H groups in total. The molecule has 168 valence electrons. The Balaban J connectivity index is 1.25. The molecule has 0 fully saturated rings. The number of thiazole rings is 1. The lowest BCUT2D eigenvalue weighted by molar-refractivity contribution is 0.573. The SMILES string of the molecule is CCn1c(CSc2nc3ccccc3s2)nnc1SCc1coc(-c2ccc(C)cc2C)n1. The largest absolute Gasteiger partial charge is 0.444 e. The highest BCUT2D eigenvalue weighted by Gasteiger charge is 2.15. The van der Waals surface area contributed by atoms with Gasteiger partial charge in [0, 0.05) is 17.9 Å². The normalized spacial score (nSPS) is 11.5. The van der Waals surface area contributed by atoms with E-state index in [4.69, 9.17) is 9.40 Å². The van der Waals surface area contributed by atoms with Gasteiger partial charge in [-0.25, -0.2) is 9.97 Å². The molecule has 5 aromatic rings. The number of rotatable bonds is 8. The number of aryl methyl sites for hydroxylation is 2. The summed E-state index contributed by atoms with van der Waals surface area (Å²) in [6.45, 7) is 7.11. The molecule has 0 saturated carbocycles. The van der Waals surface area contributed by atoms with E-state index in [1.165, 1.54) is 10.3 Å². The number of thioether (sulfide) groups is 2. The first-order valence-electron chi connectivity index (χ1n) is 10.7. The van der Waals surface area contributed by atoms with Crippen molar-refractivity contribution in [2.24, 2.45) is 0 Å². The van der Waals surface area contributed by atoms with Crippen LogP contribution in [0.4, 0.5) is 0 Å². The fourth-order valence-corrected chi connectivity index (χ4v) is 6.48. The van der Waals surface area contributed by atoms with Crippen molar-refractivity contribution in [3.05, 3.63) is 71.4 Å². The summed E-state index contributed by atoms with van der Waals surface area (Å²) in [6, 6.07) is 14.5. The van der Waals surface area contributed by atoms with E-state index in [0.717, 1.165) is 50.0 Å². The lowest BCUT2D eigenvalue weighted by atomic mass is 10.1. The van der Waals surface area contributed by atoms with E-state index in [-0.39, 0.29) is 0 Å². The van der Waals surface area contributed by atoms with E-state index < -0.39 is 0 Å². The van der Waals surface area contributed by atoms with E-state index in [1.54, 1.807) is 41.1 Å². The van der Waals surface area contributed by atoms with Gasteiger partial charge in [-0.05, 0) is 44.5 Å². The molecule has 0 atom stereocenters. The van der Waals surface area contributed by atoms with Crippen LogP contribution >= 0.6 is 34.9 Å². The highest BCUT2D eigenvalue weighted by molar-refractivity contribution is 8.00. The minimum absolute atomic E-state index is 0.660. The minimum Gasteiger partial charge on any atom is -0.444 e. The standard InChI is InChI=1S/C24H23N5OS3/c1-4-29-21(14-32-24-26-19-7-5-6-8-20(19)33-24)27-28-23(29)31-13-17-12-30-22(25-17)18-10-9-15(2)11-16(18)3/h5-12H,4,13-14H2,1-3H3. The van der Waals surface area contributed by atoms with Crippen LogP contribution in [0.2, 0.25) is 0 Å². The summed E-state index contributed by atoms with van der Waals surface area (Å²) in [4.78, 5) is 9.39. The molecule has 5 rings (SSSR count). The van der Waals surface area contributed by atoms with Gasteiger partial charge in [-0.1, -0.05) is 53.4 Å². The zero-order chi connectivity index (χ0) is 22.8. The Labute approximate surface area is 204 Å². The maximum atomic E-state index is 5.76. The molecule has 0 bridgehead atoms. The van der Waals surface area contributed by atoms with Gasteiger partial charge in [-0.3, -0.25) is 0 Å². The zero-order valence-electron chi connectivity index (χ0n) is 18.6. The molecule has 0 aliphatic rings. The third kappa shape index (κ3) is 4.85. The smallest absolute Gasteiger partial charge is 0.226 e. The topological polar surface area (TPSA) is 69.6 Å². The van der Waals surface area contributed by atoms with Crippen LogP contribution in [0.15, 0.2) is 62.6 Å². The molecule has 0 aliphatic carbocycles. The van der Waals surface area contributed by atoms with Crippen molar-refractivity contribution in [2.45, 2.75) is 48.3 Å². The van der Waals surface area contributed by atoms with Crippen LogP contribution in [0.5, 0.6) is 0 Å². The Morgan fingerprint density at radius 3 is 2.70 bits per heavy atom. The van der Waals surface area contributed by atoms with Crippen molar-refractivity contribution in [2.75, 3.05) is 0 Å². The monoisotopic (exact) mass is 493 g/mol. The quantitative estimate of drug-likeness (QED) is 0.221. The number of nitrogens with zero attached hydrogens (tertiary/aromatic N) is 5. The third-order valence-electron chi connectivity index (χ3n) is 5.22. The fraction of sp³-hybridized carbons (Fsp3) is 0.250. The van der Waals surface area contributed by atoms with Crippen molar-refractivity contribution in [1.29, 1.82) is 0 Å². The summed E-state index contributed by atoms with van der Waals surface area (Å²) >= 11 is 5.06. The zero-order valence-corrected chi connectivity index (χ0v) is 21.1. The number of oxazole rings is 1. The van der Waals surface area contributed by atoms with Crippen LogP contribution in [0.3, 0.4) is 0 Å². The van der Waals surface area contributed by atoms with Gasteiger partial charge in [0.2, 0.25) is 5.89 Å². The Bertz CT molecular complexity index is 1370. The van der Waals surface area contributed by atoms with Gasteiger partial charge < -0.3 is 8.98 Å². The predicted molar refractivity (Wildman–Crippen MR) is 136 cm³/mol. The molecule has 0 aliphatic heterocycles. The summed E-state index contributed by atoms with van der Waals surface area (Å²) in [7, 11) is 0. The van der Waals surface area contributed by atoms with E-state index in [9.17, 15) is 0 Å². The third-order valence-corrected chi connectivity index (χ3v) is 8.40. The number of hydrogen-bond donors (Lipinski definition) is 0. The predicted octanol–water partition coefficient (Wildman–Crippen LogP) is 6.76. The lowest BCUT2D eigenvalue weighted by Crippen LogP contribution is -2.02. The maximum absolute atomic E-state index is 5.76. The Hall–Kier alpha value is -2.62. The average molecular weight is 494 g/mol. The van der Waals surface area contributed by atoms with E-state index >= 15 is 0 Å². The van der Waals surface area contributed by atoms with Gasteiger partial charge in [0.15, 0.2) is 9.50 Å². The Kier molecular flexibility index (Phi) is 6.52. The number of para-hydroxylation sites is 1. The highest BCUT2D eigenvalue weighted by atomic mass is 32.2. The summed E-state index contributed by atoms with van der Waals surface area (Å²) in [5, 5.41) is 9.77. The molecule has 33 heavy (non-hydrogen) atoms. The molecule has 9 heteroatoms. The summed E-state index contributed by atoms with van der Waals surface area (Å²) in [5.41, 5.74) is 5.37. The molecular weight excluding hydrogens is 470 g/mol. The van der Waals surface area contributed by atoms with Crippen molar-refractivity contribution < 1.29 is 4.42 Å². The van der Waals surface area contributed by atoms with Crippen molar-refractivity contribution in [3.63, 3.8) is 0 Å². The van der Waals surface area contributed by atoms with Crippen molar-refractivity contribution >= 4 is 45.1 Å². The van der Waals surface area contributed by atoms with Gasteiger partial charge >= 0.3 is 0 Å². The minimum atomic E-state index is 0.660. The second-order valence-corrected chi connectivity index (χ2v) is 10.8. The molecule has 3 heterocycles. The van der Waals surface area contributed by atoms with Crippen molar-refractivity contribution in [3.8, 4) is 11.5 Å². The average Bonchev–Trinajstić information content (AvgIpc) is 3.53. The molecule has 0 spiro atoms. The van der Waals surface area contributed by atoms with Gasteiger partial charge in [-0.2, -0.15) is 0 Å². The number of aromatic nitrogens is 5. The molecular formula is C24H23N5OS3. The van der Waals surface area contributed by atoms with Crippen LogP contribution in [0.1, 0.15) is 29.6 Å². The fourth-order valence-electron chi connectivity index (χ4n) is 3.58. The molecule has 0 unspecified atom stereocenters. The number of fused-ring (bicyclic) bond motifs is 1. The first kappa shape index (κ1) is 22.2. The van der Waals surface area contributed by atoms with Crippen LogP contribution in [-0.4, -0.2) is 24.7 Å². The second kappa shape index (κ2) is 9.70. The van der Waals surface area contributed by atoms with Crippen LogP contribution < -0.4 is 0 Å². The Morgan fingerprint density at radius 1 is 1.00 bits per heavy atom. The lowest BCUT2D eigenvalue weighted by Gasteiger charge is -2.05. The van der Waals surface area contributed by atoms with Crippen LogP contribution in [0, 0.1) is 13.8 Å². The molecule has 6 nitrogen and oxygen atoms in total. The summed E-state index contributed by atoms with van der Waals surface area (Å²) in [6.07, 6.45) is 1.73. The second-order valence-electron chi connectivity index (χ2n) is 7.63. The molecule has 2 aromatic carbocycles. The van der Waals surface area contributed by atoms with Gasteiger partial charge in [0.1, 0.15) is 12.1 Å². The number of benzene rings is 2. The summed E-state index contributed by atoms with van der Waals surface area (Å²) in [5.74, 6) is 3.04. The Morgan fingerprint density at radius 2 is 1.88 bits per heavy atom. The molecule has 3 aromatic heterocycles.